The zero-order valence-electron chi connectivity index (χ0n) is 13.7. The van der Waals surface area contributed by atoms with Crippen LogP contribution in [0.1, 0.15) is 31.7 Å². The van der Waals surface area contributed by atoms with Crippen LogP contribution in [0.4, 0.5) is 0 Å². The van der Waals surface area contributed by atoms with Crippen LogP contribution in [0.3, 0.4) is 0 Å². The number of methoxy groups -OCH3 is 1. The van der Waals surface area contributed by atoms with Gasteiger partial charge in [-0.05, 0) is 43.9 Å². The minimum atomic E-state index is -0.528. The average Bonchev–Trinajstić information content (AvgIpc) is 2.59. The van der Waals surface area contributed by atoms with Crippen molar-refractivity contribution in [2.75, 3.05) is 20.3 Å². The molecule has 1 saturated heterocycles. The van der Waals surface area contributed by atoms with Gasteiger partial charge in [-0.15, -0.1) is 0 Å². The van der Waals surface area contributed by atoms with Gasteiger partial charge in [-0.3, -0.25) is 4.79 Å². The van der Waals surface area contributed by atoms with Crippen LogP contribution in [-0.2, 0) is 20.8 Å². The second-order valence-corrected chi connectivity index (χ2v) is 5.69. The molecule has 1 aliphatic rings. The maximum absolute atomic E-state index is 12.1. The number of benzene rings is 1. The summed E-state index contributed by atoms with van der Waals surface area (Å²) in [5.74, 6) is 0.287. The van der Waals surface area contributed by atoms with Gasteiger partial charge in [-0.1, -0.05) is 6.07 Å². The zero-order valence-corrected chi connectivity index (χ0v) is 13.7. The lowest BCUT2D eigenvalue weighted by atomic mass is 10.1. The smallest absolute Gasteiger partial charge is 0.249 e. The first-order valence-electron chi connectivity index (χ1n) is 7.97. The third-order valence-electron chi connectivity index (χ3n) is 3.89. The monoisotopic (exact) mass is 323 g/mol. The number of aromatic hydroxyl groups is 1. The number of nitrogens with one attached hydrogen (secondary N) is 1. The van der Waals surface area contributed by atoms with Crippen molar-refractivity contribution in [3.8, 4) is 11.5 Å². The Kier molecular flexibility index (Phi) is 6.67. The van der Waals surface area contributed by atoms with Crippen LogP contribution < -0.4 is 10.1 Å². The van der Waals surface area contributed by atoms with Gasteiger partial charge in [0.15, 0.2) is 11.5 Å². The molecule has 1 aliphatic heterocycles. The summed E-state index contributed by atoms with van der Waals surface area (Å²) in [5.41, 5.74) is 0.843. The van der Waals surface area contributed by atoms with Crippen molar-refractivity contribution in [1.82, 2.24) is 5.32 Å². The number of phenols is 1. The quantitative estimate of drug-likeness (QED) is 0.802. The van der Waals surface area contributed by atoms with Crippen LogP contribution in [0.2, 0.25) is 0 Å². The van der Waals surface area contributed by atoms with Gasteiger partial charge in [-0.25, -0.2) is 0 Å². The van der Waals surface area contributed by atoms with Gasteiger partial charge in [0.2, 0.25) is 5.91 Å². The molecule has 6 heteroatoms. The van der Waals surface area contributed by atoms with E-state index in [4.69, 9.17) is 14.2 Å². The molecule has 1 aromatic rings. The average molecular weight is 323 g/mol. The summed E-state index contributed by atoms with van der Waals surface area (Å²) in [5, 5.41) is 12.4. The summed E-state index contributed by atoms with van der Waals surface area (Å²) in [7, 11) is 1.49. The normalized spacial score (nSPS) is 19.1. The molecule has 0 aromatic heterocycles. The van der Waals surface area contributed by atoms with Crippen molar-refractivity contribution in [2.45, 2.75) is 44.9 Å². The molecule has 2 rings (SSSR count). The highest BCUT2D eigenvalue weighted by Gasteiger charge is 2.18. The molecule has 0 saturated carbocycles. The molecule has 2 unspecified atom stereocenters. The Bertz CT molecular complexity index is 514. The molecular weight excluding hydrogens is 298 g/mol. The Morgan fingerprint density at radius 2 is 2.30 bits per heavy atom. The fourth-order valence-electron chi connectivity index (χ4n) is 2.43. The van der Waals surface area contributed by atoms with E-state index in [9.17, 15) is 9.90 Å². The van der Waals surface area contributed by atoms with Crippen LogP contribution in [0.5, 0.6) is 11.5 Å². The molecule has 1 aromatic carbocycles. The van der Waals surface area contributed by atoms with Crippen LogP contribution in [0, 0.1) is 0 Å². The SMILES string of the molecule is COc1cc(CNC(=O)C(C)OCC2CCCCO2)ccc1O. The number of amides is 1. The third-order valence-corrected chi connectivity index (χ3v) is 3.89. The lowest BCUT2D eigenvalue weighted by Crippen LogP contribution is -2.36. The third kappa shape index (κ3) is 5.41. The Morgan fingerprint density at radius 1 is 1.48 bits per heavy atom. The van der Waals surface area contributed by atoms with Gasteiger partial charge < -0.3 is 24.6 Å². The molecule has 128 valence electrons. The van der Waals surface area contributed by atoms with E-state index in [2.05, 4.69) is 5.32 Å². The van der Waals surface area contributed by atoms with Crippen molar-refractivity contribution >= 4 is 5.91 Å². The van der Waals surface area contributed by atoms with Gasteiger partial charge in [0, 0.05) is 13.2 Å². The van der Waals surface area contributed by atoms with Crippen LogP contribution in [0.15, 0.2) is 18.2 Å². The van der Waals surface area contributed by atoms with Gasteiger partial charge in [0.25, 0.3) is 0 Å². The van der Waals surface area contributed by atoms with E-state index in [1.54, 1.807) is 25.1 Å². The largest absolute Gasteiger partial charge is 0.504 e. The predicted octanol–water partition coefficient (Wildman–Crippen LogP) is 1.99. The fraction of sp³-hybridized carbons (Fsp3) is 0.588. The van der Waals surface area contributed by atoms with E-state index in [1.807, 2.05) is 0 Å². The van der Waals surface area contributed by atoms with E-state index >= 15 is 0 Å². The zero-order chi connectivity index (χ0) is 16.7. The molecule has 2 atom stereocenters. The summed E-state index contributed by atoms with van der Waals surface area (Å²) in [6.07, 6.45) is 2.81. The van der Waals surface area contributed by atoms with Crippen LogP contribution in [-0.4, -0.2) is 43.5 Å². The molecule has 0 radical (unpaired) electrons. The number of rotatable bonds is 7. The van der Waals surface area contributed by atoms with Crippen molar-refractivity contribution in [1.29, 1.82) is 0 Å². The molecule has 1 heterocycles. The second-order valence-electron chi connectivity index (χ2n) is 5.69. The van der Waals surface area contributed by atoms with Crippen molar-refractivity contribution in [3.05, 3.63) is 23.8 Å². The molecule has 6 nitrogen and oxygen atoms in total. The van der Waals surface area contributed by atoms with Gasteiger partial charge in [0.05, 0.1) is 19.8 Å². The lowest BCUT2D eigenvalue weighted by Gasteiger charge is -2.23. The molecular formula is C17H25NO5. The Morgan fingerprint density at radius 3 is 3.00 bits per heavy atom. The number of carbonyl (C=O) groups is 1. The number of ether oxygens (including phenoxy) is 3. The van der Waals surface area contributed by atoms with Crippen molar-refractivity contribution in [2.24, 2.45) is 0 Å². The molecule has 1 amide bonds. The summed E-state index contributed by atoms with van der Waals surface area (Å²) in [6.45, 7) is 3.30. The maximum Gasteiger partial charge on any atom is 0.249 e. The van der Waals surface area contributed by atoms with E-state index in [0.29, 0.717) is 18.9 Å². The van der Waals surface area contributed by atoms with Crippen molar-refractivity contribution < 1.29 is 24.1 Å². The van der Waals surface area contributed by atoms with Crippen molar-refractivity contribution in [3.63, 3.8) is 0 Å². The van der Waals surface area contributed by atoms with Gasteiger partial charge in [0.1, 0.15) is 6.10 Å². The lowest BCUT2D eigenvalue weighted by molar-refractivity contribution is -0.135. The molecule has 23 heavy (non-hydrogen) atoms. The van der Waals surface area contributed by atoms with E-state index < -0.39 is 6.10 Å². The molecule has 0 spiro atoms. The number of phenolic OH excluding ortho intramolecular Hbond substituents is 1. The van der Waals surface area contributed by atoms with E-state index in [-0.39, 0.29) is 17.8 Å². The first kappa shape index (κ1) is 17.6. The number of hydrogen-bond donors (Lipinski definition) is 2. The van der Waals surface area contributed by atoms with Gasteiger partial charge in [-0.2, -0.15) is 0 Å². The summed E-state index contributed by atoms with van der Waals surface area (Å²) < 4.78 is 16.2. The minimum absolute atomic E-state index is 0.0757. The topological polar surface area (TPSA) is 77.0 Å². The minimum Gasteiger partial charge on any atom is -0.504 e. The highest BCUT2D eigenvalue weighted by Crippen LogP contribution is 2.26. The highest BCUT2D eigenvalue weighted by atomic mass is 16.5. The van der Waals surface area contributed by atoms with E-state index in [1.165, 1.54) is 7.11 Å². The number of carbonyl (C=O) groups excluding carboxylic acids is 1. The molecule has 1 fully saturated rings. The Balaban J connectivity index is 1.74. The second kappa shape index (κ2) is 8.74. The number of hydrogen-bond acceptors (Lipinski definition) is 5. The maximum atomic E-state index is 12.1. The van der Waals surface area contributed by atoms with E-state index in [0.717, 1.165) is 31.4 Å². The summed E-state index contributed by atoms with van der Waals surface area (Å²) >= 11 is 0. The first-order valence-corrected chi connectivity index (χ1v) is 7.97. The first-order chi connectivity index (χ1) is 11.1. The summed E-state index contributed by atoms with van der Waals surface area (Å²) in [4.78, 5) is 12.1. The Labute approximate surface area is 136 Å². The van der Waals surface area contributed by atoms with Crippen LogP contribution in [0.25, 0.3) is 0 Å². The molecule has 0 aliphatic carbocycles. The molecule has 2 N–H and O–H groups in total. The summed E-state index contributed by atoms with van der Waals surface area (Å²) in [6, 6.07) is 4.97. The highest BCUT2D eigenvalue weighted by molar-refractivity contribution is 5.80. The van der Waals surface area contributed by atoms with Crippen LogP contribution >= 0.6 is 0 Å². The molecule has 0 bridgehead atoms. The van der Waals surface area contributed by atoms with Gasteiger partial charge >= 0.3 is 0 Å². The fourth-order valence-corrected chi connectivity index (χ4v) is 2.43. The Hall–Kier alpha value is -1.79. The predicted molar refractivity (Wildman–Crippen MR) is 85.5 cm³/mol. The standard InChI is InChI=1S/C17H25NO5/c1-12(23-11-14-5-3-4-8-22-14)17(20)18-10-13-6-7-15(19)16(9-13)21-2/h6-7,9,12,14,19H,3-5,8,10-11H2,1-2H3,(H,18,20).